The second kappa shape index (κ2) is 5.44. The first-order chi connectivity index (χ1) is 8.27. The molecule has 1 aromatic heterocycles. The van der Waals surface area contributed by atoms with Gasteiger partial charge in [0.05, 0.1) is 0 Å². The van der Waals surface area contributed by atoms with Gasteiger partial charge in [-0.3, -0.25) is 4.79 Å². The summed E-state index contributed by atoms with van der Waals surface area (Å²) in [5.41, 5.74) is -0.491. The molecule has 17 heavy (non-hydrogen) atoms. The van der Waals surface area contributed by atoms with Crippen LogP contribution in [-0.2, 0) is 10.3 Å². The number of hydrogen-bond acceptors (Lipinski definition) is 4. The van der Waals surface area contributed by atoms with Crippen LogP contribution in [0.3, 0.4) is 0 Å². The predicted molar refractivity (Wildman–Crippen MR) is 62.4 cm³/mol. The highest BCUT2D eigenvalue weighted by molar-refractivity contribution is 6.27. The molecule has 0 unspecified atom stereocenters. The highest BCUT2D eigenvalue weighted by Gasteiger charge is 2.37. The molecule has 1 aromatic rings. The van der Waals surface area contributed by atoms with Gasteiger partial charge in [-0.2, -0.15) is 5.21 Å². The Morgan fingerprint density at radius 1 is 1.35 bits per heavy atom. The lowest BCUT2D eigenvalue weighted by Crippen LogP contribution is -2.47. The van der Waals surface area contributed by atoms with Crippen molar-refractivity contribution in [2.24, 2.45) is 0 Å². The van der Waals surface area contributed by atoms with Crippen LogP contribution in [-0.4, -0.2) is 32.4 Å². The van der Waals surface area contributed by atoms with Crippen LogP contribution >= 0.6 is 11.6 Å². The van der Waals surface area contributed by atoms with Gasteiger partial charge in [-0.05, 0) is 12.8 Å². The number of amides is 1. The zero-order valence-corrected chi connectivity index (χ0v) is 10.3. The maximum Gasteiger partial charge on any atom is 0.235 e. The number of rotatable bonds is 3. The first kappa shape index (κ1) is 12.3. The fraction of sp³-hybridized carbons (Fsp3) is 0.800. The SMILES string of the molecule is O=C(CCl)NC1(c2nn[nH]n2)CCCCCC1. The highest BCUT2D eigenvalue weighted by Crippen LogP contribution is 2.33. The average molecular weight is 258 g/mol. The van der Waals surface area contributed by atoms with Gasteiger partial charge in [0.1, 0.15) is 11.4 Å². The van der Waals surface area contributed by atoms with Crippen molar-refractivity contribution in [3.05, 3.63) is 5.82 Å². The lowest BCUT2D eigenvalue weighted by atomic mass is 9.89. The van der Waals surface area contributed by atoms with Crippen LogP contribution in [0.4, 0.5) is 0 Å². The molecule has 0 atom stereocenters. The molecular weight excluding hydrogens is 242 g/mol. The Labute approximate surface area is 104 Å². The topological polar surface area (TPSA) is 83.6 Å². The van der Waals surface area contributed by atoms with Gasteiger partial charge >= 0.3 is 0 Å². The molecule has 0 aliphatic heterocycles. The van der Waals surface area contributed by atoms with Crippen LogP contribution in [0.1, 0.15) is 44.3 Å². The van der Waals surface area contributed by atoms with Crippen molar-refractivity contribution in [1.29, 1.82) is 0 Å². The number of aromatic amines is 1. The van der Waals surface area contributed by atoms with E-state index >= 15 is 0 Å². The number of halogens is 1. The van der Waals surface area contributed by atoms with Gasteiger partial charge in [0.15, 0.2) is 5.82 Å². The lowest BCUT2D eigenvalue weighted by molar-refractivity contribution is -0.121. The van der Waals surface area contributed by atoms with Crippen molar-refractivity contribution >= 4 is 17.5 Å². The fourth-order valence-corrected chi connectivity index (χ4v) is 2.47. The third-order valence-electron chi connectivity index (χ3n) is 3.23. The van der Waals surface area contributed by atoms with Gasteiger partial charge in [0, 0.05) is 0 Å². The van der Waals surface area contributed by atoms with E-state index < -0.39 is 5.54 Å². The van der Waals surface area contributed by atoms with Crippen LogP contribution in [0, 0.1) is 0 Å². The summed E-state index contributed by atoms with van der Waals surface area (Å²) in [6.45, 7) is 0. The molecule has 0 aromatic carbocycles. The molecule has 1 fully saturated rings. The smallest absolute Gasteiger partial charge is 0.235 e. The zero-order chi connectivity index (χ0) is 12.1. The van der Waals surface area contributed by atoms with Crippen molar-refractivity contribution < 1.29 is 4.79 Å². The number of tetrazole rings is 1. The Morgan fingerprint density at radius 3 is 2.59 bits per heavy atom. The van der Waals surface area contributed by atoms with Gasteiger partial charge in [0.25, 0.3) is 0 Å². The molecule has 1 aliphatic carbocycles. The summed E-state index contributed by atoms with van der Waals surface area (Å²) in [6.07, 6.45) is 6.14. The van der Waals surface area contributed by atoms with Gasteiger partial charge in [-0.25, -0.2) is 0 Å². The summed E-state index contributed by atoms with van der Waals surface area (Å²) in [7, 11) is 0. The minimum atomic E-state index is -0.491. The van der Waals surface area contributed by atoms with Crippen LogP contribution < -0.4 is 5.32 Å². The number of hydrogen-bond donors (Lipinski definition) is 2. The molecule has 0 radical (unpaired) electrons. The second-order valence-electron chi connectivity index (χ2n) is 4.41. The molecule has 0 bridgehead atoms. The van der Waals surface area contributed by atoms with Crippen molar-refractivity contribution in [3.8, 4) is 0 Å². The zero-order valence-electron chi connectivity index (χ0n) is 9.58. The number of nitrogens with zero attached hydrogens (tertiary/aromatic N) is 3. The molecule has 1 heterocycles. The average Bonchev–Trinajstić information content (AvgIpc) is 2.78. The van der Waals surface area contributed by atoms with Crippen LogP contribution in [0.5, 0.6) is 0 Å². The maximum absolute atomic E-state index is 11.6. The van der Waals surface area contributed by atoms with Crippen LogP contribution in [0.25, 0.3) is 0 Å². The van der Waals surface area contributed by atoms with E-state index in [0.717, 1.165) is 25.7 Å². The molecule has 2 N–H and O–H groups in total. The summed E-state index contributed by atoms with van der Waals surface area (Å²) in [5.74, 6) is 0.343. The predicted octanol–water partition coefficient (Wildman–Crippen LogP) is 1.10. The van der Waals surface area contributed by atoms with E-state index in [4.69, 9.17) is 11.6 Å². The third-order valence-corrected chi connectivity index (χ3v) is 3.47. The summed E-state index contributed by atoms with van der Waals surface area (Å²) < 4.78 is 0. The summed E-state index contributed by atoms with van der Waals surface area (Å²) in [5, 5.41) is 17.1. The van der Waals surface area contributed by atoms with E-state index in [0.29, 0.717) is 5.82 Å². The first-order valence-corrected chi connectivity index (χ1v) is 6.41. The van der Waals surface area contributed by atoms with Crippen molar-refractivity contribution in [3.63, 3.8) is 0 Å². The monoisotopic (exact) mass is 257 g/mol. The van der Waals surface area contributed by atoms with E-state index in [2.05, 4.69) is 25.9 Å². The molecule has 0 spiro atoms. The van der Waals surface area contributed by atoms with Crippen LogP contribution in [0.15, 0.2) is 0 Å². The van der Waals surface area contributed by atoms with E-state index in [1.807, 2.05) is 0 Å². The van der Waals surface area contributed by atoms with E-state index in [1.54, 1.807) is 0 Å². The summed E-state index contributed by atoms with van der Waals surface area (Å²) in [6, 6.07) is 0. The Balaban J connectivity index is 2.24. The molecule has 1 amide bonds. The van der Waals surface area contributed by atoms with Crippen molar-refractivity contribution in [2.45, 2.75) is 44.1 Å². The van der Waals surface area contributed by atoms with E-state index in [-0.39, 0.29) is 11.8 Å². The number of nitrogens with one attached hydrogen (secondary N) is 2. The Hall–Kier alpha value is -1.17. The molecule has 94 valence electrons. The number of carbonyl (C=O) groups excluding carboxylic acids is 1. The van der Waals surface area contributed by atoms with Crippen molar-refractivity contribution in [2.75, 3.05) is 5.88 Å². The minimum Gasteiger partial charge on any atom is -0.342 e. The van der Waals surface area contributed by atoms with Gasteiger partial charge < -0.3 is 5.32 Å². The van der Waals surface area contributed by atoms with E-state index in [1.165, 1.54) is 12.8 Å². The molecule has 7 heteroatoms. The highest BCUT2D eigenvalue weighted by atomic mass is 35.5. The number of H-pyrrole nitrogens is 1. The quantitative estimate of drug-likeness (QED) is 0.628. The number of aromatic nitrogens is 4. The Morgan fingerprint density at radius 2 is 2.06 bits per heavy atom. The minimum absolute atomic E-state index is 0.0421. The largest absolute Gasteiger partial charge is 0.342 e. The third kappa shape index (κ3) is 2.74. The molecule has 6 nitrogen and oxygen atoms in total. The second-order valence-corrected chi connectivity index (χ2v) is 4.68. The van der Waals surface area contributed by atoms with Gasteiger partial charge in [-0.15, -0.1) is 21.8 Å². The molecule has 1 aliphatic rings. The lowest BCUT2D eigenvalue weighted by Gasteiger charge is -2.30. The number of alkyl halides is 1. The van der Waals surface area contributed by atoms with E-state index in [9.17, 15) is 4.79 Å². The standard InChI is InChI=1S/C10H16ClN5O/c11-7-8(17)12-10(9-13-15-16-14-9)5-3-1-2-4-6-10/h1-7H2,(H,12,17)(H,13,14,15,16). The van der Waals surface area contributed by atoms with Gasteiger partial charge in [0.2, 0.25) is 5.91 Å². The summed E-state index contributed by atoms with van der Waals surface area (Å²) in [4.78, 5) is 11.6. The first-order valence-electron chi connectivity index (χ1n) is 5.88. The summed E-state index contributed by atoms with van der Waals surface area (Å²) >= 11 is 5.56. The number of carbonyl (C=O) groups is 1. The molecule has 2 rings (SSSR count). The van der Waals surface area contributed by atoms with Crippen LogP contribution in [0.2, 0.25) is 0 Å². The molecule has 0 saturated heterocycles. The Bertz CT molecular complexity index is 359. The Kier molecular flexibility index (Phi) is 3.93. The van der Waals surface area contributed by atoms with Crippen molar-refractivity contribution in [1.82, 2.24) is 25.9 Å². The molecular formula is C10H16ClN5O. The fourth-order valence-electron chi connectivity index (χ4n) is 2.40. The maximum atomic E-state index is 11.6. The molecule has 1 saturated carbocycles. The van der Waals surface area contributed by atoms with Gasteiger partial charge in [-0.1, -0.05) is 30.9 Å². The normalized spacial score (nSPS) is 19.6.